The Morgan fingerprint density at radius 2 is 2.04 bits per heavy atom. The molecule has 0 bridgehead atoms. The number of rotatable bonds is 5. The number of benzene rings is 1. The van der Waals surface area contributed by atoms with Gasteiger partial charge in [-0.1, -0.05) is 6.07 Å². The molecule has 0 saturated heterocycles. The molecule has 134 valence electrons. The third-order valence-corrected chi connectivity index (χ3v) is 3.10. The van der Waals surface area contributed by atoms with Gasteiger partial charge in [0.05, 0.1) is 5.56 Å². The molecule has 0 unspecified atom stereocenters. The van der Waals surface area contributed by atoms with Crippen LogP contribution in [0.25, 0.3) is 5.82 Å². The lowest BCUT2D eigenvalue weighted by atomic mass is 10.2. The normalized spacial score (nSPS) is 11.2. The lowest BCUT2D eigenvalue weighted by Gasteiger charge is -2.10. The number of aromatic nitrogens is 5. The Bertz CT molecular complexity index is 898. The summed E-state index contributed by atoms with van der Waals surface area (Å²) in [5, 5.41) is 6.36. The van der Waals surface area contributed by atoms with E-state index in [9.17, 15) is 18.0 Å². The quantitative estimate of drug-likeness (QED) is 0.745. The van der Waals surface area contributed by atoms with E-state index < -0.39 is 24.3 Å². The van der Waals surface area contributed by atoms with Crippen molar-refractivity contribution in [3.05, 3.63) is 54.9 Å². The van der Waals surface area contributed by atoms with E-state index >= 15 is 0 Å². The molecule has 3 rings (SSSR count). The first kappa shape index (κ1) is 17.3. The number of ether oxygens (including phenoxy) is 1. The van der Waals surface area contributed by atoms with Crippen molar-refractivity contribution < 1.29 is 22.7 Å². The maximum atomic E-state index is 12.6. The Hall–Kier alpha value is -3.50. The second-order valence-electron chi connectivity index (χ2n) is 4.96. The van der Waals surface area contributed by atoms with Gasteiger partial charge in [-0.05, 0) is 18.2 Å². The number of nitrogens with zero attached hydrogens (tertiary/aromatic N) is 5. The molecule has 2 aromatic heterocycles. The van der Waals surface area contributed by atoms with Crippen molar-refractivity contribution in [3.63, 3.8) is 0 Å². The number of halogens is 3. The predicted octanol–water partition coefficient (Wildman–Crippen LogP) is 2.09. The molecule has 0 saturated carbocycles. The van der Waals surface area contributed by atoms with Gasteiger partial charge >= 0.3 is 6.18 Å². The maximum absolute atomic E-state index is 12.6. The van der Waals surface area contributed by atoms with Gasteiger partial charge in [-0.2, -0.15) is 18.3 Å². The number of hydrogen-bond acceptors (Lipinski definition) is 6. The van der Waals surface area contributed by atoms with Crippen LogP contribution in [0.3, 0.4) is 0 Å². The van der Waals surface area contributed by atoms with E-state index in [4.69, 9.17) is 4.74 Å². The zero-order valence-electron chi connectivity index (χ0n) is 13.0. The standard InChI is InChI=1S/C15H11F3N6O2/c16-15(17,18)10-2-1-3-11(4-10)26-6-14(25)23-12-5-13(21-8-20-12)24-9-19-7-22-24/h1-5,7-9H,6H2,(H,20,21,23,25). The average Bonchev–Trinajstić information content (AvgIpc) is 3.14. The van der Waals surface area contributed by atoms with Crippen LogP contribution in [0.1, 0.15) is 5.56 Å². The van der Waals surface area contributed by atoms with E-state index in [1.54, 1.807) is 0 Å². The smallest absolute Gasteiger partial charge is 0.416 e. The molecule has 1 aromatic carbocycles. The summed E-state index contributed by atoms with van der Waals surface area (Å²) < 4.78 is 44.4. The number of carbonyl (C=O) groups is 1. The molecule has 3 aromatic rings. The first-order valence-electron chi connectivity index (χ1n) is 7.19. The van der Waals surface area contributed by atoms with Crippen LogP contribution < -0.4 is 10.1 Å². The van der Waals surface area contributed by atoms with Crippen molar-refractivity contribution in [2.75, 3.05) is 11.9 Å². The highest BCUT2D eigenvalue weighted by Crippen LogP contribution is 2.31. The third kappa shape index (κ3) is 4.32. The van der Waals surface area contributed by atoms with Crippen LogP contribution in [0, 0.1) is 0 Å². The van der Waals surface area contributed by atoms with E-state index in [2.05, 4.69) is 25.4 Å². The van der Waals surface area contributed by atoms with Crippen molar-refractivity contribution in [1.29, 1.82) is 0 Å². The van der Waals surface area contributed by atoms with Crippen molar-refractivity contribution in [3.8, 4) is 11.6 Å². The summed E-state index contributed by atoms with van der Waals surface area (Å²) in [5.41, 5.74) is -0.858. The summed E-state index contributed by atoms with van der Waals surface area (Å²) >= 11 is 0. The van der Waals surface area contributed by atoms with Crippen LogP contribution in [-0.4, -0.2) is 37.2 Å². The van der Waals surface area contributed by atoms with Crippen LogP contribution in [0.4, 0.5) is 19.0 Å². The molecular weight excluding hydrogens is 353 g/mol. The van der Waals surface area contributed by atoms with Crippen LogP contribution in [0.2, 0.25) is 0 Å². The van der Waals surface area contributed by atoms with Crippen molar-refractivity contribution in [1.82, 2.24) is 24.7 Å². The molecule has 0 aliphatic rings. The monoisotopic (exact) mass is 364 g/mol. The first-order valence-corrected chi connectivity index (χ1v) is 7.19. The highest BCUT2D eigenvalue weighted by atomic mass is 19.4. The minimum absolute atomic E-state index is 0.0685. The summed E-state index contributed by atoms with van der Waals surface area (Å²) in [6.07, 6.45) is -0.519. The Labute approximate surface area is 144 Å². The lowest BCUT2D eigenvalue weighted by molar-refractivity contribution is -0.137. The van der Waals surface area contributed by atoms with Gasteiger partial charge in [-0.15, -0.1) is 0 Å². The molecule has 8 nitrogen and oxygen atoms in total. The molecule has 26 heavy (non-hydrogen) atoms. The Morgan fingerprint density at radius 3 is 2.77 bits per heavy atom. The zero-order valence-corrected chi connectivity index (χ0v) is 13.0. The number of amides is 1. The van der Waals surface area contributed by atoms with Gasteiger partial charge in [0.1, 0.15) is 30.5 Å². The fourth-order valence-electron chi connectivity index (χ4n) is 1.96. The number of carbonyl (C=O) groups excluding carboxylic acids is 1. The van der Waals surface area contributed by atoms with Gasteiger partial charge in [0.25, 0.3) is 5.91 Å². The molecule has 11 heteroatoms. The van der Waals surface area contributed by atoms with E-state index in [1.807, 2.05) is 0 Å². The summed E-state index contributed by atoms with van der Waals surface area (Å²) in [6, 6.07) is 5.72. The third-order valence-electron chi connectivity index (χ3n) is 3.10. The second-order valence-corrected chi connectivity index (χ2v) is 4.96. The summed E-state index contributed by atoms with van der Waals surface area (Å²) in [5.74, 6) is -0.0960. The average molecular weight is 364 g/mol. The van der Waals surface area contributed by atoms with Crippen molar-refractivity contribution >= 4 is 11.7 Å². The molecule has 0 aliphatic carbocycles. The summed E-state index contributed by atoms with van der Waals surface area (Å²) in [7, 11) is 0. The number of alkyl halides is 3. The van der Waals surface area contributed by atoms with E-state index in [1.165, 1.54) is 41.9 Å². The summed E-state index contributed by atoms with van der Waals surface area (Å²) in [6.45, 7) is -0.482. The Morgan fingerprint density at radius 1 is 1.19 bits per heavy atom. The van der Waals surface area contributed by atoms with Gasteiger partial charge in [0.2, 0.25) is 0 Å². The first-order chi connectivity index (χ1) is 12.4. The van der Waals surface area contributed by atoms with Crippen LogP contribution in [-0.2, 0) is 11.0 Å². The zero-order chi connectivity index (χ0) is 18.6. The number of hydrogen-bond donors (Lipinski definition) is 1. The number of anilines is 1. The lowest BCUT2D eigenvalue weighted by Crippen LogP contribution is -2.21. The van der Waals surface area contributed by atoms with Crippen LogP contribution in [0.15, 0.2) is 49.3 Å². The predicted molar refractivity (Wildman–Crippen MR) is 82.5 cm³/mol. The van der Waals surface area contributed by atoms with Crippen molar-refractivity contribution in [2.24, 2.45) is 0 Å². The molecule has 2 heterocycles. The van der Waals surface area contributed by atoms with Crippen LogP contribution >= 0.6 is 0 Å². The van der Waals surface area contributed by atoms with Crippen molar-refractivity contribution in [2.45, 2.75) is 6.18 Å². The fourth-order valence-corrected chi connectivity index (χ4v) is 1.96. The topological polar surface area (TPSA) is 94.8 Å². The summed E-state index contributed by atoms with van der Waals surface area (Å²) in [4.78, 5) is 23.5. The van der Waals surface area contributed by atoms with Gasteiger partial charge in [0, 0.05) is 6.07 Å². The van der Waals surface area contributed by atoms with E-state index in [-0.39, 0.29) is 11.6 Å². The Balaban J connectivity index is 1.61. The molecule has 1 N–H and O–H groups in total. The Kier molecular flexibility index (Phi) is 4.78. The van der Waals surface area contributed by atoms with Gasteiger partial charge in [0.15, 0.2) is 12.4 Å². The minimum Gasteiger partial charge on any atom is -0.484 e. The van der Waals surface area contributed by atoms with Gasteiger partial charge in [-0.25, -0.2) is 19.6 Å². The SMILES string of the molecule is O=C(COc1cccc(C(F)(F)F)c1)Nc1cc(-n2cncn2)ncn1. The molecular formula is C15H11F3N6O2. The molecule has 0 fully saturated rings. The molecule has 1 amide bonds. The second kappa shape index (κ2) is 7.17. The molecule has 0 aliphatic heterocycles. The highest BCUT2D eigenvalue weighted by molar-refractivity contribution is 5.91. The highest BCUT2D eigenvalue weighted by Gasteiger charge is 2.30. The van der Waals surface area contributed by atoms with E-state index in [0.29, 0.717) is 5.82 Å². The minimum atomic E-state index is -4.49. The van der Waals surface area contributed by atoms with E-state index in [0.717, 1.165) is 12.1 Å². The van der Waals surface area contributed by atoms with Gasteiger partial charge in [-0.3, -0.25) is 4.79 Å². The molecule has 0 radical (unpaired) electrons. The largest absolute Gasteiger partial charge is 0.484 e. The molecule has 0 spiro atoms. The molecule has 0 atom stereocenters. The fraction of sp³-hybridized carbons (Fsp3) is 0.133. The maximum Gasteiger partial charge on any atom is 0.416 e. The van der Waals surface area contributed by atoms with Gasteiger partial charge < -0.3 is 10.1 Å². The number of nitrogens with one attached hydrogen (secondary N) is 1. The van der Waals surface area contributed by atoms with Crippen LogP contribution in [0.5, 0.6) is 5.75 Å².